The van der Waals surface area contributed by atoms with Gasteiger partial charge in [0.1, 0.15) is 5.69 Å². The second kappa shape index (κ2) is 8.47. The molecule has 29 heavy (non-hydrogen) atoms. The SMILES string of the molecule is OS1(O)N(CCCNC2CCCCC2)c2ccccc2N1c1c(F)cccc1F. The Hall–Kier alpha value is -1.87. The maximum absolute atomic E-state index is 14.5. The van der Waals surface area contributed by atoms with Crippen molar-refractivity contribution in [2.24, 2.45) is 0 Å². The summed E-state index contributed by atoms with van der Waals surface area (Å²) in [6, 6.07) is 10.9. The third kappa shape index (κ3) is 3.94. The molecule has 0 atom stereocenters. The molecule has 1 aliphatic heterocycles. The smallest absolute Gasteiger partial charge is 0.151 e. The van der Waals surface area contributed by atoms with E-state index >= 15 is 0 Å². The van der Waals surface area contributed by atoms with Crippen LogP contribution in [0.1, 0.15) is 38.5 Å². The third-order valence-electron chi connectivity index (χ3n) is 5.63. The zero-order valence-electron chi connectivity index (χ0n) is 16.2. The highest BCUT2D eigenvalue weighted by atomic mass is 32.3. The largest absolute Gasteiger partial charge is 0.314 e. The molecular weight excluding hydrogens is 396 g/mol. The fourth-order valence-corrected chi connectivity index (χ4v) is 6.04. The van der Waals surface area contributed by atoms with Gasteiger partial charge < -0.3 is 5.32 Å². The van der Waals surface area contributed by atoms with Crippen molar-refractivity contribution < 1.29 is 17.9 Å². The van der Waals surface area contributed by atoms with Gasteiger partial charge in [-0.1, -0.05) is 37.5 Å². The van der Waals surface area contributed by atoms with Crippen LogP contribution in [0.25, 0.3) is 0 Å². The number of anilines is 3. The van der Waals surface area contributed by atoms with Crippen LogP contribution in [0.15, 0.2) is 42.5 Å². The summed E-state index contributed by atoms with van der Waals surface area (Å²) in [7, 11) is -3.63. The number of rotatable bonds is 6. The van der Waals surface area contributed by atoms with Crippen LogP contribution in [0.2, 0.25) is 0 Å². The first-order valence-corrected chi connectivity index (χ1v) is 11.6. The molecule has 1 aliphatic carbocycles. The van der Waals surface area contributed by atoms with Crippen molar-refractivity contribution in [3.8, 4) is 0 Å². The van der Waals surface area contributed by atoms with Gasteiger partial charge in [-0.05, 0) is 61.0 Å². The molecule has 1 heterocycles. The molecule has 0 aromatic heterocycles. The molecule has 1 saturated carbocycles. The molecule has 2 aliphatic rings. The van der Waals surface area contributed by atoms with Gasteiger partial charge in [-0.3, -0.25) is 13.4 Å². The number of nitrogens with zero attached hydrogens (tertiary/aromatic N) is 2. The number of benzene rings is 2. The van der Waals surface area contributed by atoms with Gasteiger partial charge in [0.05, 0.1) is 11.4 Å². The molecule has 2 aromatic carbocycles. The number of hydrogen-bond donors (Lipinski definition) is 3. The number of fused-ring (bicyclic) bond motifs is 1. The van der Waals surface area contributed by atoms with Crippen LogP contribution in [0.4, 0.5) is 25.8 Å². The van der Waals surface area contributed by atoms with Crippen molar-refractivity contribution in [2.75, 3.05) is 21.7 Å². The molecule has 0 amide bonds. The maximum Gasteiger partial charge on any atom is 0.151 e. The van der Waals surface area contributed by atoms with Gasteiger partial charge in [0.15, 0.2) is 11.6 Å². The minimum Gasteiger partial charge on any atom is -0.314 e. The van der Waals surface area contributed by atoms with E-state index in [2.05, 4.69) is 5.32 Å². The van der Waals surface area contributed by atoms with Crippen molar-refractivity contribution >= 4 is 28.0 Å². The van der Waals surface area contributed by atoms with E-state index < -0.39 is 28.3 Å². The lowest BCUT2D eigenvalue weighted by molar-refractivity contribution is 0.373. The summed E-state index contributed by atoms with van der Waals surface area (Å²) in [4.78, 5) is 0. The monoisotopic (exact) mass is 423 g/mol. The Kier molecular flexibility index (Phi) is 5.96. The minimum atomic E-state index is -3.63. The fourth-order valence-electron chi connectivity index (χ4n) is 4.21. The zero-order valence-corrected chi connectivity index (χ0v) is 17.0. The minimum absolute atomic E-state index is 0.367. The Morgan fingerprint density at radius 2 is 1.59 bits per heavy atom. The quantitative estimate of drug-likeness (QED) is 0.512. The highest BCUT2D eigenvalue weighted by Gasteiger charge is 2.43. The Morgan fingerprint density at radius 1 is 0.931 bits per heavy atom. The summed E-state index contributed by atoms with van der Waals surface area (Å²) in [6.45, 7) is 1.12. The summed E-state index contributed by atoms with van der Waals surface area (Å²) in [5.41, 5.74) is 0.507. The molecule has 0 bridgehead atoms. The fraction of sp³-hybridized carbons (Fsp3) is 0.429. The van der Waals surface area contributed by atoms with E-state index in [9.17, 15) is 17.9 Å². The maximum atomic E-state index is 14.5. The van der Waals surface area contributed by atoms with E-state index in [0.717, 1.165) is 23.0 Å². The number of nitrogens with one attached hydrogen (secondary N) is 1. The lowest BCUT2D eigenvalue weighted by Crippen LogP contribution is -2.36. The zero-order chi connectivity index (χ0) is 20.4. The number of hydrogen-bond acceptors (Lipinski definition) is 5. The number of para-hydroxylation sites is 3. The van der Waals surface area contributed by atoms with Gasteiger partial charge in [-0.25, -0.2) is 13.1 Å². The summed E-state index contributed by atoms with van der Waals surface area (Å²) < 4.78 is 53.4. The van der Waals surface area contributed by atoms with Crippen molar-refractivity contribution in [2.45, 2.75) is 44.6 Å². The molecule has 1 fully saturated rings. The van der Waals surface area contributed by atoms with Crippen molar-refractivity contribution in [3.05, 3.63) is 54.1 Å². The molecule has 0 saturated heterocycles. The van der Waals surface area contributed by atoms with Gasteiger partial charge in [-0.15, -0.1) is 0 Å². The van der Waals surface area contributed by atoms with Gasteiger partial charge in [0, 0.05) is 12.6 Å². The average molecular weight is 424 g/mol. The second-order valence-corrected chi connectivity index (χ2v) is 9.37. The molecule has 3 N–H and O–H groups in total. The van der Waals surface area contributed by atoms with Gasteiger partial charge in [0.25, 0.3) is 0 Å². The molecule has 0 radical (unpaired) electrons. The lowest BCUT2D eigenvalue weighted by atomic mass is 9.95. The van der Waals surface area contributed by atoms with Crippen molar-refractivity contribution in [3.63, 3.8) is 0 Å². The van der Waals surface area contributed by atoms with Gasteiger partial charge in [0.2, 0.25) is 0 Å². The molecule has 0 unspecified atom stereocenters. The molecule has 158 valence electrons. The van der Waals surface area contributed by atoms with E-state index in [1.165, 1.54) is 42.5 Å². The summed E-state index contributed by atoms with van der Waals surface area (Å²) in [5, 5.41) is 3.54. The van der Waals surface area contributed by atoms with Crippen LogP contribution in [0, 0.1) is 11.6 Å². The van der Waals surface area contributed by atoms with E-state index in [1.54, 1.807) is 24.3 Å². The van der Waals surface area contributed by atoms with E-state index in [1.807, 2.05) is 0 Å². The molecule has 4 rings (SSSR count). The predicted octanol–water partition coefficient (Wildman–Crippen LogP) is 5.82. The standard InChI is InChI=1S/C21H27F2N3O2S/c22-17-10-6-11-18(23)21(17)26-20-13-5-4-12-19(20)25(29(26,27)28)15-7-14-24-16-8-2-1-3-9-16/h4-6,10-13,16,24,27-28H,1-3,7-9,14-15H2. The Labute approximate surface area is 171 Å². The predicted molar refractivity (Wildman–Crippen MR) is 115 cm³/mol. The molecule has 0 spiro atoms. The first-order valence-electron chi connectivity index (χ1n) is 10.1. The Morgan fingerprint density at radius 3 is 2.28 bits per heavy atom. The van der Waals surface area contributed by atoms with E-state index in [4.69, 9.17) is 0 Å². The summed E-state index contributed by atoms with van der Waals surface area (Å²) >= 11 is 0. The van der Waals surface area contributed by atoms with Crippen molar-refractivity contribution in [1.82, 2.24) is 5.32 Å². The Bertz CT molecular complexity index is 841. The first kappa shape index (κ1) is 20.4. The van der Waals surface area contributed by atoms with Crippen LogP contribution >= 0.6 is 11.0 Å². The first-order chi connectivity index (χ1) is 14.0. The third-order valence-corrected chi connectivity index (χ3v) is 7.47. The summed E-state index contributed by atoms with van der Waals surface area (Å²) in [6.07, 6.45) is 6.85. The normalized spacial score (nSPS) is 20.0. The van der Waals surface area contributed by atoms with Crippen molar-refractivity contribution in [1.29, 1.82) is 0 Å². The highest BCUT2D eigenvalue weighted by Crippen LogP contribution is 2.64. The van der Waals surface area contributed by atoms with Gasteiger partial charge >= 0.3 is 0 Å². The Balaban J connectivity index is 1.54. The summed E-state index contributed by atoms with van der Waals surface area (Å²) in [5.74, 6) is -1.67. The molecular formula is C21H27F2N3O2S. The van der Waals surface area contributed by atoms with Crippen LogP contribution in [0.3, 0.4) is 0 Å². The molecule has 2 aromatic rings. The van der Waals surface area contributed by atoms with E-state index in [0.29, 0.717) is 30.4 Å². The topological polar surface area (TPSA) is 59.0 Å². The number of halogens is 2. The second-order valence-electron chi connectivity index (χ2n) is 7.59. The lowest BCUT2D eigenvalue weighted by Gasteiger charge is -2.43. The van der Waals surface area contributed by atoms with Gasteiger partial charge in [-0.2, -0.15) is 0 Å². The van der Waals surface area contributed by atoms with Crippen LogP contribution in [0.5, 0.6) is 0 Å². The molecule has 5 nitrogen and oxygen atoms in total. The van der Waals surface area contributed by atoms with Crippen LogP contribution in [-0.2, 0) is 0 Å². The molecule has 8 heteroatoms. The van der Waals surface area contributed by atoms with Crippen LogP contribution in [-0.4, -0.2) is 28.2 Å². The van der Waals surface area contributed by atoms with E-state index in [-0.39, 0.29) is 0 Å². The highest BCUT2D eigenvalue weighted by molar-refractivity contribution is 8.27. The average Bonchev–Trinajstić information content (AvgIpc) is 2.93. The van der Waals surface area contributed by atoms with Crippen LogP contribution < -0.4 is 13.9 Å².